The minimum atomic E-state index is -3.03. The molecule has 0 saturated carbocycles. The van der Waals surface area contributed by atoms with E-state index in [4.69, 9.17) is 23.7 Å². The molecule has 10 heteroatoms. The normalized spacial score (nSPS) is 22.0. The van der Waals surface area contributed by atoms with E-state index in [1.165, 1.54) is 21.3 Å². The Morgan fingerprint density at radius 2 is 1.79 bits per heavy atom. The Morgan fingerprint density at radius 1 is 1.06 bits per heavy atom. The number of carbonyl (C=O) groups is 1. The predicted octanol–water partition coefficient (Wildman–Crippen LogP) is 2.67. The number of hydrogen-bond donors (Lipinski definition) is 0. The summed E-state index contributed by atoms with van der Waals surface area (Å²) < 4.78 is 52.0. The lowest BCUT2D eigenvalue weighted by molar-refractivity contribution is 0.0634. The largest absolute Gasteiger partial charge is 0.496 e. The number of Topliss-reactive ketones (excluding diaryl/α,β-unsaturated/α-hetero) is 1. The van der Waals surface area contributed by atoms with E-state index in [-0.39, 0.29) is 29.1 Å². The fourth-order valence-corrected chi connectivity index (χ4v) is 6.34. The first-order valence-corrected chi connectivity index (χ1v) is 12.6. The number of fused-ring (bicyclic) bond motifs is 3. The van der Waals surface area contributed by atoms with Crippen LogP contribution < -0.4 is 23.7 Å². The lowest BCUT2D eigenvalue weighted by atomic mass is 10.0. The molecule has 0 bridgehead atoms. The quantitative estimate of drug-likeness (QED) is 0.589. The molecule has 1 atom stereocenters. The van der Waals surface area contributed by atoms with Gasteiger partial charge in [-0.25, -0.2) is 8.42 Å². The summed E-state index contributed by atoms with van der Waals surface area (Å²) in [5.41, 5.74) is 1.78. The van der Waals surface area contributed by atoms with Crippen molar-refractivity contribution in [2.75, 3.05) is 39.6 Å². The van der Waals surface area contributed by atoms with Crippen LogP contribution in [-0.2, 0) is 16.4 Å². The zero-order chi connectivity index (χ0) is 24.0. The van der Waals surface area contributed by atoms with Crippen LogP contribution in [0.5, 0.6) is 28.7 Å². The molecule has 0 amide bonds. The molecular formula is C24H25NO8S. The zero-order valence-corrected chi connectivity index (χ0v) is 19.9. The van der Waals surface area contributed by atoms with Gasteiger partial charge in [0.25, 0.3) is 0 Å². The van der Waals surface area contributed by atoms with Crippen molar-refractivity contribution in [2.45, 2.75) is 19.0 Å². The fraction of sp³-hybridized carbons (Fsp3) is 0.375. The van der Waals surface area contributed by atoms with Gasteiger partial charge in [-0.2, -0.15) is 0 Å². The Balaban J connectivity index is 1.47. The van der Waals surface area contributed by atoms with Crippen molar-refractivity contribution >= 4 is 21.7 Å². The average Bonchev–Trinajstić information content (AvgIpc) is 3.37. The van der Waals surface area contributed by atoms with Gasteiger partial charge in [-0.1, -0.05) is 0 Å². The number of carbonyl (C=O) groups excluding carboxylic acids is 1. The molecule has 3 aliphatic rings. The second-order valence-corrected chi connectivity index (χ2v) is 10.6. The van der Waals surface area contributed by atoms with Gasteiger partial charge in [-0.3, -0.25) is 9.69 Å². The van der Waals surface area contributed by atoms with Gasteiger partial charge < -0.3 is 23.7 Å². The number of hydrogen-bond acceptors (Lipinski definition) is 9. The second-order valence-electron chi connectivity index (χ2n) is 8.39. The molecule has 0 aliphatic carbocycles. The first-order chi connectivity index (χ1) is 16.3. The molecule has 5 rings (SSSR count). The van der Waals surface area contributed by atoms with Crippen molar-refractivity contribution in [3.63, 3.8) is 0 Å². The first kappa shape index (κ1) is 22.5. The molecule has 0 N–H and O–H groups in total. The van der Waals surface area contributed by atoms with E-state index in [9.17, 15) is 13.2 Å². The standard InChI is InChI=1S/C24H25NO8S/c1-29-19-10-21(31-3)20(30-2)8-14(19)9-22-23(26)16-4-5-18-17(24(16)33-22)11-25(13-32-18)15-6-7-34(27,28)12-15/h4-5,8-10,15H,6-7,11-13H2,1-3H3/b22-9+. The molecule has 3 heterocycles. The summed E-state index contributed by atoms with van der Waals surface area (Å²) in [5.74, 6) is 2.76. The van der Waals surface area contributed by atoms with Crippen molar-refractivity contribution in [1.29, 1.82) is 0 Å². The van der Waals surface area contributed by atoms with E-state index in [1.54, 1.807) is 30.3 Å². The molecule has 1 unspecified atom stereocenters. The van der Waals surface area contributed by atoms with E-state index in [0.29, 0.717) is 59.6 Å². The summed E-state index contributed by atoms with van der Waals surface area (Å²) >= 11 is 0. The molecule has 1 saturated heterocycles. The molecule has 1 fully saturated rings. The van der Waals surface area contributed by atoms with Crippen molar-refractivity contribution in [3.8, 4) is 28.7 Å². The monoisotopic (exact) mass is 487 g/mol. The molecule has 180 valence electrons. The second kappa shape index (κ2) is 8.52. The Labute approximate surface area is 197 Å². The van der Waals surface area contributed by atoms with Crippen LogP contribution in [0.3, 0.4) is 0 Å². The van der Waals surface area contributed by atoms with Crippen molar-refractivity contribution in [3.05, 3.63) is 46.7 Å². The minimum Gasteiger partial charge on any atom is -0.496 e. The Morgan fingerprint density at radius 3 is 2.47 bits per heavy atom. The minimum absolute atomic E-state index is 0.114. The Hall–Kier alpha value is -3.24. The summed E-state index contributed by atoms with van der Waals surface area (Å²) in [4.78, 5) is 15.1. The average molecular weight is 488 g/mol. The Kier molecular flexibility index (Phi) is 5.65. The number of allylic oxidation sites excluding steroid dienone is 1. The van der Waals surface area contributed by atoms with Gasteiger partial charge in [0.15, 0.2) is 27.1 Å². The number of methoxy groups -OCH3 is 3. The van der Waals surface area contributed by atoms with Crippen LogP contribution in [0.15, 0.2) is 30.0 Å². The van der Waals surface area contributed by atoms with E-state index >= 15 is 0 Å². The highest BCUT2D eigenvalue weighted by atomic mass is 32.2. The summed E-state index contributed by atoms with van der Waals surface area (Å²) in [6, 6.07) is 6.74. The van der Waals surface area contributed by atoms with Crippen LogP contribution in [-0.4, -0.2) is 64.7 Å². The van der Waals surface area contributed by atoms with E-state index in [0.717, 1.165) is 5.56 Å². The van der Waals surface area contributed by atoms with Crippen LogP contribution in [0.25, 0.3) is 6.08 Å². The van der Waals surface area contributed by atoms with Crippen molar-refractivity contribution in [2.24, 2.45) is 0 Å². The van der Waals surface area contributed by atoms with Gasteiger partial charge in [0.05, 0.1) is 44.0 Å². The molecule has 2 aromatic carbocycles. The topological polar surface area (TPSA) is 101 Å². The summed E-state index contributed by atoms with van der Waals surface area (Å²) in [7, 11) is 1.57. The smallest absolute Gasteiger partial charge is 0.231 e. The predicted molar refractivity (Wildman–Crippen MR) is 124 cm³/mol. The highest BCUT2D eigenvalue weighted by Gasteiger charge is 2.38. The van der Waals surface area contributed by atoms with Gasteiger partial charge in [-0.15, -0.1) is 0 Å². The molecule has 2 aromatic rings. The molecule has 34 heavy (non-hydrogen) atoms. The van der Waals surface area contributed by atoms with Crippen molar-refractivity contribution < 1.29 is 36.9 Å². The van der Waals surface area contributed by atoms with Gasteiger partial charge in [-0.05, 0) is 30.7 Å². The van der Waals surface area contributed by atoms with Gasteiger partial charge in [0.1, 0.15) is 24.0 Å². The number of rotatable bonds is 5. The summed E-state index contributed by atoms with van der Waals surface area (Å²) in [6.07, 6.45) is 2.18. The molecule has 0 radical (unpaired) electrons. The molecular weight excluding hydrogens is 462 g/mol. The lowest BCUT2D eigenvalue weighted by Crippen LogP contribution is -2.41. The van der Waals surface area contributed by atoms with Gasteiger partial charge >= 0.3 is 0 Å². The maximum atomic E-state index is 13.2. The third-order valence-corrected chi connectivity index (χ3v) is 8.14. The highest BCUT2D eigenvalue weighted by molar-refractivity contribution is 7.91. The maximum Gasteiger partial charge on any atom is 0.231 e. The van der Waals surface area contributed by atoms with E-state index in [2.05, 4.69) is 0 Å². The van der Waals surface area contributed by atoms with Crippen LogP contribution in [0.2, 0.25) is 0 Å². The molecule has 0 aromatic heterocycles. The number of ketones is 1. The van der Waals surface area contributed by atoms with Gasteiger partial charge in [0, 0.05) is 24.2 Å². The number of benzene rings is 2. The number of nitrogens with zero attached hydrogens (tertiary/aromatic N) is 1. The number of sulfone groups is 1. The van der Waals surface area contributed by atoms with Gasteiger partial charge in [0.2, 0.25) is 5.78 Å². The fourth-order valence-electron chi connectivity index (χ4n) is 4.58. The SMILES string of the molecule is COc1cc(OC)c(OC)cc1/C=C1/Oc2c(ccc3c2CN(C2CCS(=O)(=O)C2)CO3)C1=O. The Bertz CT molecular complexity index is 1300. The maximum absolute atomic E-state index is 13.2. The van der Waals surface area contributed by atoms with Crippen LogP contribution in [0.4, 0.5) is 0 Å². The third-order valence-electron chi connectivity index (χ3n) is 6.39. The summed E-state index contributed by atoms with van der Waals surface area (Å²) in [5, 5.41) is 0. The zero-order valence-electron chi connectivity index (χ0n) is 19.1. The number of ether oxygens (including phenoxy) is 5. The highest BCUT2D eigenvalue weighted by Crippen LogP contribution is 2.43. The lowest BCUT2D eigenvalue weighted by Gasteiger charge is -2.33. The van der Waals surface area contributed by atoms with Crippen LogP contribution in [0, 0.1) is 0 Å². The van der Waals surface area contributed by atoms with Crippen molar-refractivity contribution in [1.82, 2.24) is 4.90 Å². The van der Waals surface area contributed by atoms with E-state index in [1.807, 2.05) is 4.90 Å². The third kappa shape index (κ3) is 3.86. The molecule has 0 spiro atoms. The van der Waals surface area contributed by atoms with E-state index < -0.39 is 9.84 Å². The first-order valence-electron chi connectivity index (χ1n) is 10.8. The summed E-state index contributed by atoms with van der Waals surface area (Å²) in [6.45, 7) is 0.740. The molecule has 9 nitrogen and oxygen atoms in total. The van der Waals surface area contributed by atoms with Crippen LogP contribution in [0.1, 0.15) is 27.9 Å². The van der Waals surface area contributed by atoms with Crippen LogP contribution >= 0.6 is 0 Å². The molecule has 3 aliphatic heterocycles.